The number of furan rings is 1. The molecule has 1 nitrogen and oxygen atoms in total. The van der Waals surface area contributed by atoms with E-state index in [4.69, 9.17) is 4.42 Å². The maximum atomic E-state index is 6.35. The van der Waals surface area contributed by atoms with E-state index in [-0.39, 0.29) is 5.41 Å². The van der Waals surface area contributed by atoms with Gasteiger partial charge in [-0.1, -0.05) is 147 Å². The van der Waals surface area contributed by atoms with Crippen LogP contribution in [0.5, 0.6) is 0 Å². The van der Waals surface area contributed by atoms with Crippen LogP contribution >= 0.6 is 0 Å². The summed E-state index contributed by atoms with van der Waals surface area (Å²) in [5.74, 6) is 0. The second-order valence-electron chi connectivity index (χ2n) is 14.4. The van der Waals surface area contributed by atoms with E-state index in [0.29, 0.717) is 0 Å². The summed E-state index contributed by atoms with van der Waals surface area (Å²) in [6.07, 6.45) is 0. The van der Waals surface area contributed by atoms with Gasteiger partial charge in [0.15, 0.2) is 0 Å². The zero-order valence-electron chi connectivity index (χ0n) is 27.9. The van der Waals surface area contributed by atoms with Crippen LogP contribution in [0.2, 0.25) is 0 Å². The molecule has 0 atom stereocenters. The van der Waals surface area contributed by atoms with Gasteiger partial charge in [0.2, 0.25) is 0 Å². The molecule has 0 spiro atoms. The van der Waals surface area contributed by atoms with E-state index in [2.05, 4.69) is 172 Å². The minimum atomic E-state index is -0.0214. The van der Waals surface area contributed by atoms with Crippen molar-refractivity contribution in [2.75, 3.05) is 0 Å². The molecule has 0 unspecified atom stereocenters. The third-order valence-electron chi connectivity index (χ3n) is 11.4. The van der Waals surface area contributed by atoms with Crippen LogP contribution in [0.25, 0.3) is 98.8 Å². The van der Waals surface area contributed by atoms with Gasteiger partial charge >= 0.3 is 0 Å². The van der Waals surface area contributed by atoms with Gasteiger partial charge in [-0.15, -0.1) is 0 Å². The summed E-state index contributed by atoms with van der Waals surface area (Å²) in [6.45, 7) is 4.70. The van der Waals surface area contributed by atoms with Gasteiger partial charge in [0.1, 0.15) is 11.2 Å². The van der Waals surface area contributed by atoms with Gasteiger partial charge in [-0.3, -0.25) is 0 Å². The average Bonchev–Trinajstić information content (AvgIpc) is 3.66. The van der Waals surface area contributed by atoms with Crippen LogP contribution in [0.15, 0.2) is 162 Å². The van der Waals surface area contributed by atoms with Crippen molar-refractivity contribution in [1.29, 1.82) is 0 Å². The molecule has 1 aromatic heterocycles. The third-order valence-corrected chi connectivity index (χ3v) is 11.4. The summed E-state index contributed by atoms with van der Waals surface area (Å²) in [7, 11) is 0. The fourth-order valence-electron chi connectivity index (χ4n) is 9.12. The summed E-state index contributed by atoms with van der Waals surface area (Å²) in [5, 5.41) is 9.90. The van der Waals surface area contributed by atoms with E-state index in [1.54, 1.807) is 0 Å². The van der Waals surface area contributed by atoms with E-state index >= 15 is 0 Å². The Kier molecular flexibility index (Phi) is 5.51. The van der Waals surface area contributed by atoms with Crippen LogP contribution in [0.3, 0.4) is 0 Å². The van der Waals surface area contributed by atoms with Crippen molar-refractivity contribution in [3.05, 3.63) is 169 Å². The highest BCUT2D eigenvalue weighted by Crippen LogP contribution is 2.51. The quantitative estimate of drug-likeness (QED) is 0.139. The van der Waals surface area contributed by atoms with Gasteiger partial charge < -0.3 is 4.42 Å². The van der Waals surface area contributed by atoms with Crippen molar-refractivity contribution in [3.8, 4) is 44.5 Å². The van der Waals surface area contributed by atoms with E-state index in [0.717, 1.165) is 11.2 Å². The molecule has 0 amide bonds. The van der Waals surface area contributed by atoms with Crippen molar-refractivity contribution in [2.24, 2.45) is 0 Å². The van der Waals surface area contributed by atoms with Gasteiger partial charge in [-0.2, -0.15) is 0 Å². The Morgan fingerprint density at radius 3 is 1.68 bits per heavy atom. The van der Waals surface area contributed by atoms with Crippen LogP contribution < -0.4 is 0 Å². The van der Waals surface area contributed by atoms with Gasteiger partial charge in [-0.25, -0.2) is 0 Å². The predicted octanol–water partition coefficient (Wildman–Crippen LogP) is 13.8. The molecular formula is C49H32O. The Morgan fingerprint density at radius 2 is 0.940 bits per heavy atom. The van der Waals surface area contributed by atoms with Crippen molar-refractivity contribution in [2.45, 2.75) is 19.3 Å². The third kappa shape index (κ3) is 3.67. The van der Waals surface area contributed by atoms with Crippen molar-refractivity contribution in [1.82, 2.24) is 0 Å². The molecule has 1 heteroatoms. The highest BCUT2D eigenvalue weighted by Gasteiger charge is 2.35. The molecule has 0 bridgehead atoms. The lowest BCUT2D eigenvalue weighted by molar-refractivity contribution is 0.660. The SMILES string of the molecule is CC1(C)c2ccccc2-c2ccc(-c3ccc(-c4c5ccccc5c(-c5cc6cccc7oc8cccc5c8c67)c5ccccc45)cc3)cc21. The minimum Gasteiger partial charge on any atom is -0.456 e. The van der Waals surface area contributed by atoms with Gasteiger partial charge in [-0.05, 0) is 112 Å². The second kappa shape index (κ2) is 9.94. The first-order chi connectivity index (χ1) is 24.6. The number of rotatable bonds is 3. The molecule has 10 aromatic rings. The van der Waals surface area contributed by atoms with Gasteiger partial charge in [0.25, 0.3) is 0 Å². The Bertz CT molecular complexity index is 2930. The fraction of sp³-hybridized carbons (Fsp3) is 0.0612. The van der Waals surface area contributed by atoms with E-state index in [1.807, 2.05) is 0 Å². The molecule has 0 radical (unpaired) electrons. The summed E-state index contributed by atoms with van der Waals surface area (Å²) >= 11 is 0. The first-order valence-corrected chi connectivity index (χ1v) is 17.5. The molecule has 1 aliphatic carbocycles. The molecule has 0 fully saturated rings. The molecule has 0 saturated carbocycles. The summed E-state index contributed by atoms with van der Waals surface area (Å²) in [5.41, 5.74) is 14.9. The molecule has 9 aromatic carbocycles. The van der Waals surface area contributed by atoms with Crippen molar-refractivity contribution in [3.63, 3.8) is 0 Å². The van der Waals surface area contributed by atoms with Crippen LogP contribution in [-0.4, -0.2) is 0 Å². The van der Waals surface area contributed by atoms with E-state index in [9.17, 15) is 0 Å². The molecule has 11 rings (SSSR count). The standard InChI is InChI=1S/C49H32O/c1-49(2)41-18-8-7-12-33(41)34-26-25-31(28-42(34)49)29-21-23-30(24-22-29)45-35-13-3-5-15-37(35)47(38-16-6-4-14-36(38)45)40-27-32-11-9-19-43-46(32)48-39(40)17-10-20-44(48)50-43/h3-28H,1-2H3. The molecule has 234 valence electrons. The molecule has 1 aliphatic rings. The topological polar surface area (TPSA) is 13.1 Å². The Labute approximate surface area is 290 Å². The lowest BCUT2D eigenvalue weighted by Gasteiger charge is -2.22. The summed E-state index contributed by atoms with van der Waals surface area (Å²) < 4.78 is 6.35. The highest BCUT2D eigenvalue weighted by molar-refractivity contribution is 6.29. The zero-order valence-corrected chi connectivity index (χ0v) is 27.9. The highest BCUT2D eigenvalue weighted by atomic mass is 16.3. The lowest BCUT2D eigenvalue weighted by atomic mass is 9.81. The Morgan fingerprint density at radius 1 is 0.380 bits per heavy atom. The first-order valence-electron chi connectivity index (χ1n) is 17.5. The predicted molar refractivity (Wildman–Crippen MR) is 211 cm³/mol. The first kappa shape index (κ1) is 27.7. The molecule has 0 N–H and O–H groups in total. The summed E-state index contributed by atoms with van der Waals surface area (Å²) in [4.78, 5) is 0. The molecular weight excluding hydrogens is 605 g/mol. The fourth-order valence-corrected chi connectivity index (χ4v) is 9.12. The number of hydrogen-bond donors (Lipinski definition) is 0. The van der Waals surface area contributed by atoms with Crippen LogP contribution in [-0.2, 0) is 5.41 Å². The van der Waals surface area contributed by atoms with Crippen LogP contribution in [0, 0.1) is 0 Å². The van der Waals surface area contributed by atoms with Crippen molar-refractivity contribution < 1.29 is 4.42 Å². The second-order valence-corrected chi connectivity index (χ2v) is 14.4. The van der Waals surface area contributed by atoms with Crippen LogP contribution in [0.4, 0.5) is 0 Å². The maximum Gasteiger partial charge on any atom is 0.136 e. The lowest BCUT2D eigenvalue weighted by Crippen LogP contribution is -2.14. The molecule has 50 heavy (non-hydrogen) atoms. The monoisotopic (exact) mass is 636 g/mol. The Hall–Kier alpha value is -6.18. The average molecular weight is 637 g/mol. The molecule has 1 heterocycles. The van der Waals surface area contributed by atoms with Gasteiger partial charge in [0, 0.05) is 16.2 Å². The van der Waals surface area contributed by atoms with E-state index < -0.39 is 0 Å². The molecule has 0 aliphatic heterocycles. The normalized spacial score (nSPS) is 13.6. The number of hydrogen-bond acceptors (Lipinski definition) is 1. The largest absolute Gasteiger partial charge is 0.456 e. The van der Waals surface area contributed by atoms with E-state index in [1.165, 1.54) is 98.7 Å². The van der Waals surface area contributed by atoms with Crippen LogP contribution in [0.1, 0.15) is 25.0 Å². The van der Waals surface area contributed by atoms with Crippen molar-refractivity contribution >= 4 is 54.3 Å². The summed E-state index contributed by atoms with van der Waals surface area (Å²) in [6, 6.07) is 58.2. The Balaban J connectivity index is 1.11. The minimum absolute atomic E-state index is 0.0214. The number of benzene rings is 9. The smallest absolute Gasteiger partial charge is 0.136 e. The van der Waals surface area contributed by atoms with Gasteiger partial charge in [0.05, 0.1) is 0 Å². The maximum absolute atomic E-state index is 6.35. The number of fused-ring (bicyclic) bond motifs is 5. The molecule has 0 saturated heterocycles. The zero-order chi connectivity index (χ0) is 33.1.